The highest BCUT2D eigenvalue weighted by Crippen LogP contribution is 2.35. The van der Waals surface area contributed by atoms with Gasteiger partial charge in [-0.25, -0.2) is 0 Å². The molecule has 0 aliphatic heterocycles. The second kappa shape index (κ2) is 9.24. The smallest absolute Gasteiger partial charge is 0.242 e. The van der Waals surface area contributed by atoms with Gasteiger partial charge in [0, 0.05) is 0 Å². The van der Waals surface area contributed by atoms with Crippen molar-refractivity contribution in [3.05, 3.63) is 29.3 Å². The molecule has 0 bridgehead atoms. The van der Waals surface area contributed by atoms with E-state index in [1.165, 1.54) is 0 Å². The first-order valence-electron chi connectivity index (χ1n) is 7.98. The van der Waals surface area contributed by atoms with Crippen LogP contribution < -0.4 is 4.90 Å². The van der Waals surface area contributed by atoms with Crippen LogP contribution in [0.2, 0.25) is 0 Å². The number of benzene rings is 1. The van der Waals surface area contributed by atoms with Crippen molar-refractivity contribution in [2.24, 2.45) is 0 Å². The molecule has 0 radical (unpaired) electrons. The number of hydrogen-bond acceptors (Lipinski definition) is 3. The van der Waals surface area contributed by atoms with E-state index in [4.69, 9.17) is 28.6 Å². The van der Waals surface area contributed by atoms with Crippen molar-refractivity contribution in [1.29, 1.82) is 0 Å². The Bertz CT molecular complexity index is 532. The lowest BCUT2D eigenvalue weighted by atomic mass is 9.92. The van der Waals surface area contributed by atoms with E-state index in [2.05, 4.69) is 39.8 Å². The third-order valence-corrected chi connectivity index (χ3v) is 4.10. The van der Waals surface area contributed by atoms with Crippen molar-refractivity contribution in [3.63, 3.8) is 0 Å². The first-order chi connectivity index (χ1) is 10.8. The summed E-state index contributed by atoms with van der Waals surface area (Å²) in [5.41, 5.74) is 3.16. The molecule has 0 fully saturated rings. The molecular formula is C18H26ClNO2S. The minimum absolute atomic E-state index is 0.0846. The van der Waals surface area contributed by atoms with Gasteiger partial charge < -0.3 is 9.64 Å². The van der Waals surface area contributed by atoms with Crippen LogP contribution in [-0.2, 0) is 9.53 Å². The maximum absolute atomic E-state index is 12.5. The van der Waals surface area contributed by atoms with Crippen molar-refractivity contribution in [2.75, 3.05) is 23.9 Å². The molecule has 0 aromatic heterocycles. The summed E-state index contributed by atoms with van der Waals surface area (Å²) in [4.78, 5) is 14.2. The lowest BCUT2D eigenvalue weighted by molar-refractivity contribution is -0.116. The number of nitrogens with zero attached hydrogens (tertiary/aromatic N) is 1. The Balaban J connectivity index is 3.44. The van der Waals surface area contributed by atoms with Gasteiger partial charge in [0.15, 0.2) is 5.05 Å². The second-order valence-electron chi connectivity index (χ2n) is 6.01. The number of amides is 1. The first kappa shape index (κ1) is 19.9. The summed E-state index contributed by atoms with van der Waals surface area (Å²) in [5.74, 6) is 0.326. The Morgan fingerprint density at radius 1 is 1.22 bits per heavy atom. The van der Waals surface area contributed by atoms with Gasteiger partial charge in [0.1, 0.15) is 5.88 Å². The van der Waals surface area contributed by atoms with E-state index < -0.39 is 0 Å². The number of carbonyl (C=O) groups is 1. The van der Waals surface area contributed by atoms with Crippen molar-refractivity contribution >= 4 is 40.5 Å². The zero-order chi connectivity index (χ0) is 17.6. The summed E-state index contributed by atoms with van der Waals surface area (Å²) < 4.78 is 5.38. The molecule has 0 saturated heterocycles. The molecule has 0 heterocycles. The van der Waals surface area contributed by atoms with Crippen molar-refractivity contribution in [2.45, 2.75) is 46.5 Å². The van der Waals surface area contributed by atoms with Gasteiger partial charge in [-0.2, -0.15) is 0 Å². The molecule has 0 atom stereocenters. The highest BCUT2D eigenvalue weighted by molar-refractivity contribution is 7.80. The monoisotopic (exact) mass is 355 g/mol. The first-order valence-corrected chi connectivity index (χ1v) is 8.92. The van der Waals surface area contributed by atoms with Crippen LogP contribution in [-0.4, -0.2) is 30.0 Å². The summed E-state index contributed by atoms with van der Waals surface area (Å²) in [5, 5.41) is 0.402. The number of alkyl halides is 1. The summed E-state index contributed by atoms with van der Waals surface area (Å²) in [7, 11) is 0. The van der Waals surface area contributed by atoms with Gasteiger partial charge in [-0.1, -0.05) is 45.9 Å². The van der Waals surface area contributed by atoms with Crippen LogP contribution in [0, 0.1) is 0 Å². The predicted octanol–water partition coefficient (Wildman–Crippen LogP) is 4.87. The average Bonchev–Trinajstić information content (AvgIpc) is 2.51. The van der Waals surface area contributed by atoms with E-state index in [0.717, 1.165) is 16.8 Å². The quantitative estimate of drug-likeness (QED) is 0.516. The van der Waals surface area contributed by atoms with Crippen molar-refractivity contribution < 1.29 is 9.53 Å². The normalized spacial score (nSPS) is 11.0. The van der Waals surface area contributed by atoms with Gasteiger partial charge in [0.2, 0.25) is 5.91 Å². The molecule has 0 aliphatic carbocycles. The van der Waals surface area contributed by atoms with Crippen LogP contribution in [0.4, 0.5) is 5.69 Å². The van der Waals surface area contributed by atoms with E-state index in [1.54, 1.807) is 4.90 Å². The third-order valence-electron chi connectivity index (χ3n) is 3.62. The molecule has 128 valence electrons. The SMILES string of the molecule is CCOC(=S)CN(C(=O)CCl)c1c(C(C)C)cccc1C(C)C. The number of rotatable bonds is 7. The lowest BCUT2D eigenvalue weighted by Gasteiger charge is -2.29. The lowest BCUT2D eigenvalue weighted by Crippen LogP contribution is -2.38. The van der Waals surface area contributed by atoms with Crippen LogP contribution in [0.1, 0.15) is 57.6 Å². The molecule has 1 amide bonds. The Morgan fingerprint density at radius 3 is 2.13 bits per heavy atom. The number of carbonyl (C=O) groups excluding carboxylic acids is 1. The van der Waals surface area contributed by atoms with Gasteiger partial charge in [-0.15, -0.1) is 11.6 Å². The highest BCUT2D eigenvalue weighted by atomic mass is 35.5. The Labute approximate surface area is 150 Å². The molecule has 0 N–H and O–H groups in total. The largest absolute Gasteiger partial charge is 0.485 e. The Morgan fingerprint density at radius 2 is 1.74 bits per heavy atom. The van der Waals surface area contributed by atoms with E-state index in [-0.39, 0.29) is 30.2 Å². The predicted molar refractivity (Wildman–Crippen MR) is 102 cm³/mol. The number of ether oxygens (including phenoxy) is 1. The minimum atomic E-state index is -0.163. The third kappa shape index (κ3) is 5.18. The molecule has 0 aliphatic rings. The van der Waals surface area contributed by atoms with Crippen LogP contribution in [0.15, 0.2) is 18.2 Å². The summed E-state index contributed by atoms with van der Waals surface area (Å²) in [6.07, 6.45) is 0. The molecule has 1 aromatic rings. The van der Waals surface area contributed by atoms with Gasteiger partial charge in [-0.3, -0.25) is 4.79 Å². The maximum Gasteiger partial charge on any atom is 0.242 e. The number of anilines is 1. The fourth-order valence-corrected chi connectivity index (χ4v) is 2.91. The topological polar surface area (TPSA) is 29.5 Å². The number of para-hydroxylation sites is 1. The molecular weight excluding hydrogens is 330 g/mol. The molecule has 1 aromatic carbocycles. The fourth-order valence-electron chi connectivity index (χ4n) is 2.52. The van der Waals surface area contributed by atoms with Gasteiger partial charge in [0.05, 0.1) is 18.8 Å². The van der Waals surface area contributed by atoms with Crippen LogP contribution >= 0.6 is 23.8 Å². The Kier molecular flexibility index (Phi) is 8.00. The highest BCUT2D eigenvalue weighted by Gasteiger charge is 2.25. The second-order valence-corrected chi connectivity index (χ2v) is 6.74. The maximum atomic E-state index is 12.5. The van der Waals surface area contributed by atoms with Crippen molar-refractivity contribution in [3.8, 4) is 0 Å². The summed E-state index contributed by atoms with van der Waals surface area (Å²) in [6.45, 7) is 11.1. The molecule has 5 heteroatoms. The number of hydrogen-bond donors (Lipinski definition) is 0. The van der Waals surface area contributed by atoms with Gasteiger partial charge in [0.25, 0.3) is 0 Å². The van der Waals surface area contributed by atoms with Crippen molar-refractivity contribution in [1.82, 2.24) is 0 Å². The zero-order valence-corrected chi connectivity index (χ0v) is 16.1. The average molecular weight is 356 g/mol. The summed E-state index contributed by atoms with van der Waals surface area (Å²) >= 11 is 11.1. The van der Waals surface area contributed by atoms with E-state index in [9.17, 15) is 4.79 Å². The van der Waals surface area contributed by atoms with E-state index in [1.807, 2.05) is 13.0 Å². The molecule has 0 saturated carbocycles. The van der Waals surface area contributed by atoms with Gasteiger partial charge >= 0.3 is 0 Å². The number of thiocarbonyl (C=S) groups is 1. The number of halogens is 1. The van der Waals surface area contributed by atoms with E-state index in [0.29, 0.717) is 11.7 Å². The fraction of sp³-hybridized carbons (Fsp3) is 0.556. The van der Waals surface area contributed by atoms with Crippen LogP contribution in [0.3, 0.4) is 0 Å². The standard InChI is InChI=1S/C18H26ClNO2S/c1-6-22-17(23)11-20(16(21)10-19)18-14(12(2)3)8-7-9-15(18)13(4)5/h7-9,12-13H,6,10-11H2,1-5H3. The molecule has 0 unspecified atom stereocenters. The molecule has 23 heavy (non-hydrogen) atoms. The van der Waals surface area contributed by atoms with Gasteiger partial charge in [-0.05, 0) is 42.1 Å². The zero-order valence-electron chi connectivity index (χ0n) is 14.6. The minimum Gasteiger partial charge on any atom is -0.485 e. The van der Waals surface area contributed by atoms with Crippen LogP contribution in [0.5, 0.6) is 0 Å². The van der Waals surface area contributed by atoms with E-state index >= 15 is 0 Å². The Hall–Kier alpha value is -1.13. The molecule has 3 nitrogen and oxygen atoms in total. The van der Waals surface area contributed by atoms with Crippen LogP contribution in [0.25, 0.3) is 0 Å². The molecule has 1 rings (SSSR count). The summed E-state index contributed by atoms with van der Waals surface area (Å²) in [6, 6.07) is 6.16. The molecule has 0 spiro atoms.